The van der Waals surface area contributed by atoms with E-state index in [0.29, 0.717) is 11.3 Å². The largest absolute Gasteiger partial charge is 0.430 e. The van der Waals surface area contributed by atoms with Crippen LogP contribution >= 0.6 is 15.9 Å². The Hall–Kier alpha value is -1.88. The average molecular weight is 322 g/mol. The van der Waals surface area contributed by atoms with Crippen molar-refractivity contribution in [3.63, 3.8) is 0 Å². The Morgan fingerprint density at radius 1 is 1.26 bits per heavy atom. The molecule has 0 saturated carbocycles. The zero-order valence-electron chi connectivity index (χ0n) is 10.5. The molecule has 1 amide bonds. The molecule has 1 N–H and O–H groups in total. The van der Waals surface area contributed by atoms with Crippen LogP contribution in [0, 0.1) is 13.8 Å². The molecule has 1 aromatic carbocycles. The van der Waals surface area contributed by atoms with Crippen molar-refractivity contribution < 1.29 is 9.21 Å². The quantitative estimate of drug-likeness (QED) is 0.923. The van der Waals surface area contributed by atoms with Crippen molar-refractivity contribution in [2.45, 2.75) is 13.8 Å². The topological polar surface area (TPSA) is 59.3 Å². The summed E-state index contributed by atoms with van der Waals surface area (Å²) in [5.74, 6) is -0.323. The lowest BCUT2D eigenvalue weighted by atomic mass is 10.1. The van der Waals surface area contributed by atoms with Gasteiger partial charge < -0.3 is 9.73 Å². The summed E-state index contributed by atoms with van der Waals surface area (Å²) in [6.07, 6.45) is 1.15. The van der Waals surface area contributed by atoms with E-state index in [9.17, 15) is 9.59 Å². The first-order chi connectivity index (χ1) is 8.97. The minimum absolute atomic E-state index is 0.298. The summed E-state index contributed by atoms with van der Waals surface area (Å²) in [5, 5.41) is 2.79. The van der Waals surface area contributed by atoms with Crippen molar-refractivity contribution in [1.82, 2.24) is 0 Å². The molecule has 0 fully saturated rings. The predicted octanol–water partition coefficient (Wildman–Crippen LogP) is 3.27. The molecule has 0 unspecified atom stereocenters. The van der Waals surface area contributed by atoms with Gasteiger partial charge in [0.05, 0.1) is 11.3 Å². The summed E-state index contributed by atoms with van der Waals surface area (Å²) in [6, 6.07) is 6.55. The number of aryl methyl sites for hydroxylation is 2. The molecule has 1 heterocycles. The van der Waals surface area contributed by atoms with Crippen molar-refractivity contribution in [3.8, 4) is 0 Å². The molecular formula is C14H12BrNO3. The van der Waals surface area contributed by atoms with Gasteiger partial charge in [-0.3, -0.25) is 4.79 Å². The number of hydrogen-bond donors (Lipinski definition) is 1. The maximum absolute atomic E-state index is 12.0. The standard InChI is InChI=1S/C14H12BrNO3/c1-8-5-9(2)13(11(15)6-8)16-14(18)10-3-4-12(17)19-7-10/h3-7H,1-2H3,(H,16,18). The number of carbonyl (C=O) groups is 1. The van der Waals surface area contributed by atoms with E-state index in [0.717, 1.165) is 21.9 Å². The second-order valence-electron chi connectivity index (χ2n) is 4.24. The molecule has 0 saturated heterocycles. The van der Waals surface area contributed by atoms with Crippen LogP contribution in [-0.2, 0) is 0 Å². The molecule has 0 aliphatic carbocycles. The maximum atomic E-state index is 12.0. The smallest absolute Gasteiger partial charge is 0.335 e. The summed E-state index contributed by atoms with van der Waals surface area (Å²) >= 11 is 3.42. The molecule has 19 heavy (non-hydrogen) atoms. The van der Waals surface area contributed by atoms with Crippen LogP contribution in [0.3, 0.4) is 0 Å². The van der Waals surface area contributed by atoms with E-state index in [4.69, 9.17) is 0 Å². The molecule has 4 nitrogen and oxygen atoms in total. The maximum Gasteiger partial charge on any atom is 0.335 e. The van der Waals surface area contributed by atoms with E-state index >= 15 is 0 Å². The molecule has 98 valence electrons. The Balaban J connectivity index is 2.29. The van der Waals surface area contributed by atoms with Crippen LogP contribution in [0.5, 0.6) is 0 Å². The third-order valence-electron chi connectivity index (χ3n) is 2.63. The lowest BCUT2D eigenvalue weighted by Crippen LogP contribution is -2.14. The zero-order valence-corrected chi connectivity index (χ0v) is 12.1. The van der Waals surface area contributed by atoms with Gasteiger partial charge in [0.25, 0.3) is 5.91 Å². The van der Waals surface area contributed by atoms with Crippen molar-refractivity contribution >= 4 is 27.5 Å². The van der Waals surface area contributed by atoms with Crippen LogP contribution in [0.15, 0.2) is 44.2 Å². The van der Waals surface area contributed by atoms with Gasteiger partial charge in [-0.15, -0.1) is 0 Å². The molecule has 0 aliphatic rings. The van der Waals surface area contributed by atoms with Crippen LogP contribution in [0.1, 0.15) is 21.5 Å². The number of rotatable bonds is 2. The molecular weight excluding hydrogens is 310 g/mol. The lowest BCUT2D eigenvalue weighted by molar-refractivity contribution is 0.102. The van der Waals surface area contributed by atoms with Crippen LogP contribution in [0.25, 0.3) is 0 Å². The number of benzene rings is 1. The summed E-state index contributed by atoms with van der Waals surface area (Å²) in [5.41, 5.74) is 2.59. The number of nitrogens with one attached hydrogen (secondary N) is 1. The zero-order chi connectivity index (χ0) is 14.0. The van der Waals surface area contributed by atoms with Gasteiger partial charge >= 0.3 is 5.63 Å². The Morgan fingerprint density at radius 3 is 2.58 bits per heavy atom. The van der Waals surface area contributed by atoms with Gasteiger partial charge in [-0.2, -0.15) is 0 Å². The fraction of sp³-hybridized carbons (Fsp3) is 0.143. The Kier molecular flexibility index (Phi) is 3.85. The number of anilines is 1. The van der Waals surface area contributed by atoms with Crippen molar-refractivity contribution in [1.29, 1.82) is 0 Å². The second-order valence-corrected chi connectivity index (χ2v) is 5.09. The molecule has 5 heteroatoms. The van der Waals surface area contributed by atoms with E-state index in [2.05, 4.69) is 25.7 Å². The molecule has 2 rings (SSSR count). The van der Waals surface area contributed by atoms with E-state index in [1.807, 2.05) is 26.0 Å². The SMILES string of the molecule is Cc1cc(C)c(NC(=O)c2ccc(=O)oc2)c(Br)c1. The molecule has 2 aromatic rings. The Labute approximate surface area is 118 Å². The minimum Gasteiger partial charge on any atom is -0.430 e. The summed E-state index contributed by atoms with van der Waals surface area (Å²) in [7, 11) is 0. The molecule has 0 spiro atoms. The molecule has 0 radical (unpaired) electrons. The van der Waals surface area contributed by atoms with Crippen molar-refractivity contribution in [3.05, 3.63) is 62.1 Å². The second kappa shape index (κ2) is 5.40. The summed E-state index contributed by atoms with van der Waals surface area (Å²) < 4.78 is 5.48. The highest BCUT2D eigenvalue weighted by Gasteiger charge is 2.11. The predicted molar refractivity (Wildman–Crippen MR) is 76.5 cm³/mol. The van der Waals surface area contributed by atoms with Gasteiger partial charge in [-0.1, -0.05) is 6.07 Å². The van der Waals surface area contributed by atoms with E-state index < -0.39 is 5.63 Å². The van der Waals surface area contributed by atoms with Gasteiger partial charge in [0.1, 0.15) is 6.26 Å². The monoisotopic (exact) mass is 321 g/mol. The highest BCUT2D eigenvalue weighted by molar-refractivity contribution is 9.10. The average Bonchev–Trinajstić information content (AvgIpc) is 2.34. The van der Waals surface area contributed by atoms with Gasteiger partial charge in [-0.05, 0) is 53.0 Å². The first kappa shape index (κ1) is 13.5. The van der Waals surface area contributed by atoms with Crippen molar-refractivity contribution in [2.24, 2.45) is 0 Å². The first-order valence-electron chi connectivity index (χ1n) is 5.64. The van der Waals surface area contributed by atoms with E-state index in [-0.39, 0.29) is 5.91 Å². The Morgan fingerprint density at radius 2 is 2.00 bits per heavy atom. The van der Waals surface area contributed by atoms with E-state index in [1.54, 1.807) is 0 Å². The third kappa shape index (κ3) is 3.12. The van der Waals surface area contributed by atoms with Gasteiger partial charge in [0.15, 0.2) is 0 Å². The Bertz CT molecular complexity index is 648. The fourth-order valence-electron chi connectivity index (χ4n) is 1.75. The molecule has 0 atom stereocenters. The summed E-state index contributed by atoms with van der Waals surface area (Å²) in [4.78, 5) is 22.9. The van der Waals surface area contributed by atoms with Crippen LogP contribution in [0.2, 0.25) is 0 Å². The van der Waals surface area contributed by atoms with E-state index in [1.165, 1.54) is 12.1 Å². The summed E-state index contributed by atoms with van der Waals surface area (Å²) in [6.45, 7) is 3.90. The first-order valence-corrected chi connectivity index (χ1v) is 6.43. The van der Waals surface area contributed by atoms with Crippen LogP contribution in [0.4, 0.5) is 5.69 Å². The lowest BCUT2D eigenvalue weighted by Gasteiger charge is -2.11. The highest BCUT2D eigenvalue weighted by Crippen LogP contribution is 2.28. The number of carbonyl (C=O) groups excluding carboxylic acids is 1. The number of hydrogen-bond acceptors (Lipinski definition) is 3. The van der Waals surface area contributed by atoms with Gasteiger partial charge in [0, 0.05) is 10.5 Å². The van der Waals surface area contributed by atoms with Gasteiger partial charge in [-0.25, -0.2) is 4.79 Å². The highest BCUT2D eigenvalue weighted by atomic mass is 79.9. The molecule has 0 aliphatic heterocycles. The normalized spacial score (nSPS) is 10.3. The van der Waals surface area contributed by atoms with Crippen LogP contribution in [-0.4, -0.2) is 5.91 Å². The van der Waals surface area contributed by atoms with Crippen LogP contribution < -0.4 is 10.9 Å². The molecule has 0 bridgehead atoms. The minimum atomic E-state index is -0.482. The van der Waals surface area contributed by atoms with Crippen molar-refractivity contribution in [2.75, 3.05) is 5.32 Å². The third-order valence-corrected chi connectivity index (χ3v) is 3.26. The molecule has 1 aromatic heterocycles. The van der Waals surface area contributed by atoms with Gasteiger partial charge in [0.2, 0.25) is 0 Å². The number of halogens is 1. The number of amides is 1. The fourth-order valence-corrected chi connectivity index (χ4v) is 2.52.